The van der Waals surface area contributed by atoms with Crippen molar-refractivity contribution in [2.45, 2.75) is 25.7 Å². The summed E-state index contributed by atoms with van der Waals surface area (Å²) in [4.78, 5) is 12.8. The molecule has 0 spiro atoms. The van der Waals surface area contributed by atoms with E-state index in [0.717, 1.165) is 38.0 Å². The topological polar surface area (TPSA) is 50.4 Å². The van der Waals surface area contributed by atoms with E-state index in [1.54, 1.807) is 19.2 Å². The number of ether oxygens (including phenoxy) is 1. The third-order valence-electron chi connectivity index (χ3n) is 4.90. The van der Waals surface area contributed by atoms with Crippen LogP contribution in [0.15, 0.2) is 18.2 Å². The molecule has 0 unspecified atom stereocenters. The maximum absolute atomic E-state index is 12.8. The summed E-state index contributed by atoms with van der Waals surface area (Å²) in [5, 5.41) is 6.95. The first-order valence-electron chi connectivity index (χ1n) is 7.51. The molecule has 0 bridgehead atoms. The molecule has 4 nitrogen and oxygen atoms in total. The fourth-order valence-electron chi connectivity index (χ4n) is 3.69. The molecule has 1 saturated carbocycles. The number of carbonyl (C=O) groups is 1. The van der Waals surface area contributed by atoms with Crippen molar-refractivity contribution in [3.05, 3.63) is 23.2 Å². The summed E-state index contributed by atoms with van der Waals surface area (Å²) >= 11 is 6.12. The second-order valence-corrected chi connectivity index (χ2v) is 6.44. The van der Waals surface area contributed by atoms with Gasteiger partial charge < -0.3 is 15.4 Å². The normalized spacial score (nSPS) is 26.7. The predicted molar refractivity (Wildman–Crippen MR) is 91.1 cm³/mol. The maximum Gasteiger partial charge on any atom is 0.232 e. The Hall–Kier alpha value is -0.970. The number of carbonyl (C=O) groups excluding carboxylic acids is 1. The number of methoxy groups -OCH3 is 1. The van der Waals surface area contributed by atoms with Gasteiger partial charge in [-0.1, -0.05) is 24.4 Å². The molecule has 1 aliphatic carbocycles. The molecule has 2 aliphatic rings. The monoisotopic (exact) mass is 344 g/mol. The zero-order chi connectivity index (χ0) is 14.9. The molecule has 6 heteroatoms. The Bertz CT molecular complexity index is 553. The van der Waals surface area contributed by atoms with Gasteiger partial charge in [0, 0.05) is 12.2 Å². The lowest BCUT2D eigenvalue weighted by atomic mass is 9.67. The first-order chi connectivity index (χ1) is 10.2. The van der Waals surface area contributed by atoms with Gasteiger partial charge in [0.15, 0.2) is 0 Å². The van der Waals surface area contributed by atoms with E-state index in [-0.39, 0.29) is 23.7 Å². The summed E-state index contributed by atoms with van der Waals surface area (Å²) in [6, 6.07) is 5.36. The number of halogens is 2. The summed E-state index contributed by atoms with van der Waals surface area (Å²) in [5.41, 5.74) is 0.487. The van der Waals surface area contributed by atoms with Crippen molar-refractivity contribution >= 4 is 35.6 Å². The minimum atomic E-state index is -0.245. The third kappa shape index (κ3) is 3.05. The maximum atomic E-state index is 12.8. The Labute approximate surface area is 142 Å². The van der Waals surface area contributed by atoms with E-state index < -0.39 is 0 Å². The second-order valence-electron chi connectivity index (χ2n) is 6.03. The zero-order valence-corrected chi connectivity index (χ0v) is 14.2. The molecule has 2 N–H and O–H groups in total. The largest absolute Gasteiger partial charge is 0.495 e. The number of benzene rings is 1. The number of hydrogen-bond donors (Lipinski definition) is 2. The highest BCUT2D eigenvalue weighted by Crippen LogP contribution is 2.44. The molecule has 1 aromatic rings. The summed E-state index contributed by atoms with van der Waals surface area (Å²) in [5.74, 6) is 1.20. The highest BCUT2D eigenvalue weighted by atomic mass is 35.5. The molecule has 122 valence electrons. The van der Waals surface area contributed by atoms with Gasteiger partial charge >= 0.3 is 0 Å². The van der Waals surface area contributed by atoms with Crippen molar-refractivity contribution in [1.29, 1.82) is 0 Å². The smallest absolute Gasteiger partial charge is 0.232 e. The average Bonchev–Trinajstić information content (AvgIpc) is 2.92. The van der Waals surface area contributed by atoms with Crippen LogP contribution in [0, 0.1) is 11.3 Å². The van der Waals surface area contributed by atoms with E-state index in [1.807, 2.05) is 6.07 Å². The Morgan fingerprint density at radius 1 is 1.45 bits per heavy atom. The van der Waals surface area contributed by atoms with Gasteiger partial charge in [-0.15, -0.1) is 12.4 Å². The third-order valence-corrected chi connectivity index (χ3v) is 5.20. The zero-order valence-electron chi connectivity index (χ0n) is 12.7. The second kappa shape index (κ2) is 7.07. The quantitative estimate of drug-likeness (QED) is 0.882. The molecule has 3 rings (SSSR count). The minimum Gasteiger partial charge on any atom is -0.495 e. The van der Waals surface area contributed by atoms with E-state index in [2.05, 4.69) is 10.6 Å². The van der Waals surface area contributed by atoms with Crippen LogP contribution >= 0.6 is 24.0 Å². The number of nitrogens with one attached hydrogen (secondary N) is 2. The molecule has 1 heterocycles. The Kier molecular flexibility index (Phi) is 5.59. The van der Waals surface area contributed by atoms with Crippen LogP contribution in [0.1, 0.15) is 25.7 Å². The standard InChI is InChI=1S/C16H21ClN2O2.ClH/c1-21-14-6-5-12(8-13(14)17)19-15(20)16-7-3-2-4-11(16)9-18-10-16;/h5-6,8,11,18H,2-4,7,9-10H2,1H3,(H,19,20);1H/t11-,16+;/m0./s1. The molecule has 1 saturated heterocycles. The lowest BCUT2D eigenvalue weighted by Gasteiger charge is -2.37. The minimum absolute atomic E-state index is 0. The number of rotatable bonds is 3. The molecular formula is C16H22Cl2N2O2. The van der Waals surface area contributed by atoms with Crippen molar-refractivity contribution in [3.63, 3.8) is 0 Å². The molecule has 2 fully saturated rings. The summed E-state index contributed by atoms with van der Waals surface area (Å²) in [6.07, 6.45) is 4.48. The highest BCUT2D eigenvalue weighted by molar-refractivity contribution is 6.32. The molecule has 1 amide bonds. The average molecular weight is 345 g/mol. The van der Waals surface area contributed by atoms with Crippen LogP contribution in [-0.4, -0.2) is 26.1 Å². The first kappa shape index (κ1) is 17.4. The summed E-state index contributed by atoms with van der Waals surface area (Å²) in [6.45, 7) is 1.74. The Morgan fingerprint density at radius 2 is 2.27 bits per heavy atom. The predicted octanol–water partition coefficient (Wildman–Crippen LogP) is 3.49. The lowest BCUT2D eigenvalue weighted by Crippen LogP contribution is -2.44. The summed E-state index contributed by atoms with van der Waals surface area (Å²) < 4.78 is 5.13. The van der Waals surface area contributed by atoms with Crippen LogP contribution < -0.4 is 15.4 Å². The van der Waals surface area contributed by atoms with Crippen LogP contribution in [0.2, 0.25) is 5.02 Å². The number of anilines is 1. The SMILES string of the molecule is COc1ccc(NC(=O)[C@@]23CCCC[C@H]2CNC3)cc1Cl.Cl. The molecular weight excluding hydrogens is 323 g/mol. The van der Waals surface area contributed by atoms with Crippen LogP contribution in [0.25, 0.3) is 0 Å². The van der Waals surface area contributed by atoms with Gasteiger partial charge in [-0.05, 0) is 43.5 Å². The van der Waals surface area contributed by atoms with Crippen molar-refractivity contribution in [2.24, 2.45) is 11.3 Å². The lowest BCUT2D eigenvalue weighted by molar-refractivity contribution is -0.128. The van der Waals surface area contributed by atoms with Gasteiger partial charge in [-0.25, -0.2) is 0 Å². The van der Waals surface area contributed by atoms with Crippen molar-refractivity contribution in [2.75, 3.05) is 25.5 Å². The Morgan fingerprint density at radius 3 is 3.00 bits per heavy atom. The van der Waals surface area contributed by atoms with Crippen molar-refractivity contribution < 1.29 is 9.53 Å². The highest BCUT2D eigenvalue weighted by Gasteiger charge is 2.49. The Balaban J connectivity index is 0.00000176. The van der Waals surface area contributed by atoms with Gasteiger partial charge in [0.05, 0.1) is 17.5 Å². The van der Waals surface area contributed by atoms with Gasteiger partial charge in [0.2, 0.25) is 5.91 Å². The van der Waals surface area contributed by atoms with Crippen LogP contribution in [-0.2, 0) is 4.79 Å². The van der Waals surface area contributed by atoms with Crippen LogP contribution in [0.4, 0.5) is 5.69 Å². The molecule has 1 aromatic carbocycles. The number of fused-ring (bicyclic) bond motifs is 1. The molecule has 22 heavy (non-hydrogen) atoms. The van der Waals surface area contributed by atoms with E-state index in [0.29, 0.717) is 16.7 Å². The van der Waals surface area contributed by atoms with Gasteiger partial charge in [-0.2, -0.15) is 0 Å². The van der Waals surface area contributed by atoms with Crippen LogP contribution in [0.5, 0.6) is 5.75 Å². The fourth-order valence-corrected chi connectivity index (χ4v) is 3.95. The van der Waals surface area contributed by atoms with Crippen molar-refractivity contribution in [1.82, 2.24) is 5.32 Å². The van der Waals surface area contributed by atoms with Crippen molar-refractivity contribution in [3.8, 4) is 5.75 Å². The number of hydrogen-bond acceptors (Lipinski definition) is 3. The van der Waals surface area contributed by atoms with E-state index in [1.165, 1.54) is 6.42 Å². The molecule has 0 aromatic heterocycles. The summed E-state index contributed by atoms with van der Waals surface area (Å²) in [7, 11) is 1.58. The van der Waals surface area contributed by atoms with E-state index >= 15 is 0 Å². The first-order valence-corrected chi connectivity index (χ1v) is 7.89. The molecule has 2 atom stereocenters. The fraction of sp³-hybridized carbons (Fsp3) is 0.562. The van der Waals surface area contributed by atoms with Gasteiger partial charge in [0.25, 0.3) is 0 Å². The van der Waals surface area contributed by atoms with Crippen LogP contribution in [0.3, 0.4) is 0 Å². The number of amides is 1. The van der Waals surface area contributed by atoms with E-state index in [4.69, 9.17) is 16.3 Å². The molecule has 0 radical (unpaired) electrons. The van der Waals surface area contributed by atoms with Gasteiger partial charge in [-0.3, -0.25) is 4.79 Å². The van der Waals surface area contributed by atoms with Gasteiger partial charge in [0.1, 0.15) is 5.75 Å². The molecule has 1 aliphatic heterocycles. The van der Waals surface area contributed by atoms with E-state index in [9.17, 15) is 4.79 Å².